The fourth-order valence-electron chi connectivity index (χ4n) is 7.36. The molecule has 0 aliphatic carbocycles. The van der Waals surface area contributed by atoms with Gasteiger partial charge in [-0.2, -0.15) is 0 Å². The number of thiophene rings is 1. The zero-order chi connectivity index (χ0) is 32.3. The zero-order valence-electron chi connectivity index (χ0n) is 26.5. The molecule has 0 amide bonds. The molecule has 8 aromatic carbocycles. The summed E-state index contributed by atoms with van der Waals surface area (Å²) in [4.78, 5) is 2.44. The van der Waals surface area contributed by atoms with Crippen molar-refractivity contribution in [3.8, 4) is 22.3 Å². The standard InChI is InChI=1S/C46H29NOS/c1-3-12-30(13-4-1)36-24-22-34(28-38(36)31-14-5-2-6-15-31)47(35-23-25-43-39(29-35)37-18-9-10-20-42(37)48-43)41-19-11-21-44-46(41)40-26-32-16-7-8-17-33(32)27-45(40)49-44/h1-29H. The lowest BCUT2D eigenvalue weighted by atomic mass is 9.93. The van der Waals surface area contributed by atoms with E-state index in [0.717, 1.165) is 39.0 Å². The monoisotopic (exact) mass is 643 g/mol. The van der Waals surface area contributed by atoms with E-state index in [1.165, 1.54) is 53.2 Å². The Morgan fingerprint density at radius 1 is 0.408 bits per heavy atom. The molecule has 0 aliphatic rings. The Kier molecular flexibility index (Phi) is 6.39. The third-order valence-corrected chi connectivity index (χ3v) is 10.7. The summed E-state index contributed by atoms with van der Waals surface area (Å²) in [7, 11) is 0. The first-order valence-corrected chi connectivity index (χ1v) is 17.4. The van der Waals surface area contributed by atoms with Crippen molar-refractivity contribution in [3.63, 3.8) is 0 Å². The summed E-state index contributed by atoms with van der Waals surface area (Å²) >= 11 is 1.86. The molecule has 0 saturated carbocycles. The highest BCUT2D eigenvalue weighted by molar-refractivity contribution is 7.26. The molecular formula is C46H29NOS. The van der Waals surface area contributed by atoms with E-state index in [9.17, 15) is 0 Å². The van der Waals surface area contributed by atoms with Gasteiger partial charge in [-0.15, -0.1) is 11.3 Å². The van der Waals surface area contributed by atoms with Crippen molar-refractivity contribution in [3.05, 3.63) is 176 Å². The lowest BCUT2D eigenvalue weighted by Gasteiger charge is -2.28. The summed E-state index contributed by atoms with van der Waals surface area (Å²) in [5.74, 6) is 0. The molecule has 0 aliphatic heterocycles. The molecule has 2 aromatic heterocycles. The summed E-state index contributed by atoms with van der Waals surface area (Å²) in [6.45, 7) is 0. The fourth-order valence-corrected chi connectivity index (χ4v) is 8.51. The number of hydrogen-bond acceptors (Lipinski definition) is 3. The van der Waals surface area contributed by atoms with Crippen LogP contribution in [-0.4, -0.2) is 0 Å². The average molecular weight is 644 g/mol. The first-order chi connectivity index (χ1) is 24.3. The molecule has 230 valence electrons. The molecule has 0 bridgehead atoms. The second kappa shape index (κ2) is 11.2. The number of benzene rings is 8. The third-order valence-electron chi connectivity index (χ3n) is 9.63. The van der Waals surface area contributed by atoms with Gasteiger partial charge in [0.05, 0.1) is 5.69 Å². The largest absolute Gasteiger partial charge is 0.456 e. The summed E-state index contributed by atoms with van der Waals surface area (Å²) in [6.07, 6.45) is 0. The molecule has 0 fully saturated rings. The van der Waals surface area contributed by atoms with Crippen molar-refractivity contribution in [1.29, 1.82) is 0 Å². The summed E-state index contributed by atoms with van der Waals surface area (Å²) in [5, 5.41) is 7.28. The summed E-state index contributed by atoms with van der Waals surface area (Å²) in [5.41, 5.74) is 9.90. The molecule has 2 nitrogen and oxygen atoms in total. The van der Waals surface area contributed by atoms with E-state index >= 15 is 0 Å². The zero-order valence-corrected chi connectivity index (χ0v) is 27.3. The number of hydrogen-bond donors (Lipinski definition) is 0. The first kappa shape index (κ1) is 27.9. The number of anilines is 3. The summed E-state index contributed by atoms with van der Waals surface area (Å²) < 4.78 is 8.84. The molecule has 0 atom stereocenters. The van der Waals surface area contributed by atoms with Crippen molar-refractivity contribution in [2.75, 3.05) is 4.90 Å². The van der Waals surface area contributed by atoms with Crippen LogP contribution in [0.1, 0.15) is 0 Å². The maximum Gasteiger partial charge on any atom is 0.135 e. The van der Waals surface area contributed by atoms with Crippen molar-refractivity contribution < 1.29 is 4.42 Å². The maximum absolute atomic E-state index is 6.28. The van der Waals surface area contributed by atoms with E-state index in [-0.39, 0.29) is 0 Å². The molecule has 0 saturated heterocycles. The molecule has 3 heteroatoms. The van der Waals surface area contributed by atoms with Crippen LogP contribution < -0.4 is 4.90 Å². The molecule has 0 radical (unpaired) electrons. The lowest BCUT2D eigenvalue weighted by Crippen LogP contribution is -2.10. The van der Waals surface area contributed by atoms with Crippen LogP contribution >= 0.6 is 11.3 Å². The topological polar surface area (TPSA) is 16.4 Å². The number of nitrogens with zero attached hydrogens (tertiary/aromatic N) is 1. The van der Waals surface area contributed by atoms with Crippen molar-refractivity contribution in [2.24, 2.45) is 0 Å². The smallest absolute Gasteiger partial charge is 0.135 e. The molecule has 10 rings (SSSR count). The Morgan fingerprint density at radius 3 is 1.88 bits per heavy atom. The SMILES string of the molecule is c1ccc(-c2ccc(N(c3ccc4oc5ccccc5c4c3)c3cccc4sc5cc6ccccc6cc5c34)cc2-c2ccccc2)cc1. The molecule has 0 unspecified atom stereocenters. The average Bonchev–Trinajstić information content (AvgIpc) is 3.72. The minimum atomic E-state index is 0.889. The van der Waals surface area contributed by atoms with Crippen LogP contribution in [0.2, 0.25) is 0 Å². The predicted octanol–water partition coefficient (Wildman–Crippen LogP) is 13.9. The van der Waals surface area contributed by atoms with E-state index in [4.69, 9.17) is 4.42 Å². The van der Waals surface area contributed by atoms with Crippen LogP contribution in [0.25, 0.3) is 75.1 Å². The Hall–Kier alpha value is -6.16. The van der Waals surface area contributed by atoms with E-state index in [0.29, 0.717) is 0 Å². The van der Waals surface area contributed by atoms with Gasteiger partial charge in [-0.1, -0.05) is 115 Å². The highest BCUT2D eigenvalue weighted by Crippen LogP contribution is 2.48. The summed E-state index contributed by atoms with van der Waals surface area (Å²) in [6, 6.07) is 63.3. The highest BCUT2D eigenvalue weighted by Gasteiger charge is 2.21. The van der Waals surface area contributed by atoms with Crippen LogP contribution in [0.15, 0.2) is 180 Å². The lowest BCUT2D eigenvalue weighted by molar-refractivity contribution is 0.669. The van der Waals surface area contributed by atoms with Crippen LogP contribution in [-0.2, 0) is 0 Å². The van der Waals surface area contributed by atoms with E-state index in [2.05, 4.69) is 169 Å². The van der Waals surface area contributed by atoms with Gasteiger partial charge in [0.1, 0.15) is 11.2 Å². The third kappa shape index (κ3) is 4.62. The van der Waals surface area contributed by atoms with Gasteiger partial charge in [0.15, 0.2) is 0 Å². The Morgan fingerprint density at radius 2 is 1.06 bits per heavy atom. The van der Waals surface area contributed by atoms with Crippen LogP contribution in [0.5, 0.6) is 0 Å². The van der Waals surface area contributed by atoms with E-state index < -0.39 is 0 Å². The van der Waals surface area contributed by atoms with Gasteiger partial charge >= 0.3 is 0 Å². The quantitative estimate of drug-likeness (QED) is 0.186. The molecule has 2 heterocycles. The first-order valence-electron chi connectivity index (χ1n) is 16.6. The van der Waals surface area contributed by atoms with Crippen LogP contribution in [0.4, 0.5) is 17.1 Å². The highest BCUT2D eigenvalue weighted by atomic mass is 32.1. The maximum atomic E-state index is 6.28. The van der Waals surface area contributed by atoms with Crippen molar-refractivity contribution >= 4 is 81.3 Å². The molecule has 10 aromatic rings. The van der Waals surface area contributed by atoms with Gasteiger partial charge in [0.25, 0.3) is 0 Å². The van der Waals surface area contributed by atoms with Crippen LogP contribution in [0, 0.1) is 0 Å². The Labute approximate surface area is 287 Å². The van der Waals surface area contributed by atoms with Crippen molar-refractivity contribution in [1.82, 2.24) is 0 Å². The number of para-hydroxylation sites is 1. The molecule has 0 spiro atoms. The van der Waals surface area contributed by atoms with Crippen LogP contribution in [0.3, 0.4) is 0 Å². The normalized spacial score (nSPS) is 11.7. The predicted molar refractivity (Wildman–Crippen MR) is 210 cm³/mol. The minimum absolute atomic E-state index is 0.889. The Balaban J connectivity index is 1.28. The second-order valence-electron chi connectivity index (χ2n) is 12.5. The van der Waals surface area contributed by atoms with Gasteiger partial charge in [-0.3, -0.25) is 0 Å². The van der Waals surface area contributed by atoms with E-state index in [1.807, 2.05) is 23.5 Å². The van der Waals surface area contributed by atoms with Gasteiger partial charge in [-0.05, 0) is 93.7 Å². The number of fused-ring (bicyclic) bond motifs is 7. The van der Waals surface area contributed by atoms with Gasteiger partial charge in [-0.25, -0.2) is 0 Å². The van der Waals surface area contributed by atoms with Crippen molar-refractivity contribution in [2.45, 2.75) is 0 Å². The fraction of sp³-hybridized carbons (Fsp3) is 0. The minimum Gasteiger partial charge on any atom is -0.456 e. The number of furan rings is 1. The second-order valence-corrected chi connectivity index (χ2v) is 13.6. The molecule has 49 heavy (non-hydrogen) atoms. The van der Waals surface area contributed by atoms with Gasteiger partial charge < -0.3 is 9.32 Å². The number of rotatable bonds is 5. The molecular weight excluding hydrogens is 615 g/mol. The Bertz CT molecular complexity index is 2830. The van der Waals surface area contributed by atoms with Gasteiger partial charge in [0, 0.05) is 42.3 Å². The van der Waals surface area contributed by atoms with E-state index in [1.54, 1.807) is 0 Å². The molecule has 0 N–H and O–H groups in total. The van der Waals surface area contributed by atoms with Gasteiger partial charge in [0.2, 0.25) is 0 Å².